The van der Waals surface area contributed by atoms with Crippen LogP contribution in [0.3, 0.4) is 0 Å². The van der Waals surface area contributed by atoms with Gasteiger partial charge in [-0.15, -0.1) is 0 Å². The van der Waals surface area contributed by atoms with Crippen LogP contribution >= 0.6 is 0 Å². The van der Waals surface area contributed by atoms with E-state index >= 15 is 8.78 Å². The highest BCUT2D eigenvalue weighted by Crippen LogP contribution is 2.49. The molecule has 4 aliphatic rings. The molecule has 0 atom stereocenters. The molecule has 4 aromatic rings. The number of benzene rings is 2. The molecule has 1 aliphatic carbocycles. The summed E-state index contributed by atoms with van der Waals surface area (Å²) in [5.41, 5.74) is 0.474. The number of halogens is 2. The van der Waals surface area contributed by atoms with Crippen molar-refractivity contribution in [3.63, 3.8) is 0 Å². The molecule has 4 fully saturated rings. The van der Waals surface area contributed by atoms with Crippen molar-refractivity contribution in [3.8, 4) is 23.0 Å². The number of aliphatic hydroxyl groups is 1. The van der Waals surface area contributed by atoms with Crippen LogP contribution in [-0.2, 0) is 11.3 Å². The van der Waals surface area contributed by atoms with Crippen molar-refractivity contribution in [2.24, 2.45) is 5.41 Å². The zero-order valence-corrected chi connectivity index (χ0v) is 28.1. The van der Waals surface area contributed by atoms with Crippen LogP contribution in [0.4, 0.5) is 14.6 Å². The fourth-order valence-electron chi connectivity index (χ4n) is 8.81. The number of methoxy groups -OCH3 is 1. The average molecular weight is 662 g/mol. The summed E-state index contributed by atoms with van der Waals surface area (Å²) >= 11 is 0. The number of hydrogen-bond acceptors (Lipinski definition) is 9. The van der Waals surface area contributed by atoms with Crippen molar-refractivity contribution in [2.45, 2.75) is 83.5 Å². The first-order chi connectivity index (χ1) is 23.3. The predicted molar refractivity (Wildman–Crippen MR) is 181 cm³/mol. The van der Waals surface area contributed by atoms with E-state index in [-0.39, 0.29) is 57.8 Å². The van der Waals surface area contributed by atoms with Crippen LogP contribution in [0, 0.1) is 17.0 Å². The molecule has 1 saturated carbocycles. The number of nitrogens with zero attached hydrogens (tertiary/aromatic N) is 5. The normalized spacial score (nSPS) is 23.3. The van der Waals surface area contributed by atoms with E-state index in [4.69, 9.17) is 14.5 Å². The highest BCUT2D eigenvalue weighted by Gasteiger charge is 2.47. The smallest absolute Gasteiger partial charge is 0.319 e. The number of hydrogen-bond donors (Lipinski definition) is 2. The molecule has 1 spiro atoms. The number of rotatable bonds is 7. The molecule has 9 nitrogen and oxygen atoms in total. The van der Waals surface area contributed by atoms with E-state index in [0.717, 1.165) is 71.0 Å². The van der Waals surface area contributed by atoms with Gasteiger partial charge < -0.3 is 24.6 Å². The van der Waals surface area contributed by atoms with Gasteiger partial charge in [-0.25, -0.2) is 8.78 Å². The quantitative estimate of drug-likeness (QED) is 0.223. The lowest BCUT2D eigenvalue weighted by atomic mass is 9.62. The molecule has 2 aromatic heterocycles. The second kappa shape index (κ2) is 13.0. The van der Waals surface area contributed by atoms with Gasteiger partial charge >= 0.3 is 6.01 Å². The van der Waals surface area contributed by atoms with Crippen LogP contribution < -0.4 is 9.64 Å². The third kappa shape index (κ3) is 5.63. The summed E-state index contributed by atoms with van der Waals surface area (Å²) in [4.78, 5) is 18.8. The summed E-state index contributed by atoms with van der Waals surface area (Å²) in [6, 6.07) is 5.90. The minimum absolute atomic E-state index is 0.0112. The number of aromatic hydroxyl groups is 1. The lowest BCUT2D eigenvalue weighted by molar-refractivity contribution is -0.0396. The lowest BCUT2D eigenvalue weighted by Gasteiger charge is -2.51. The Kier molecular flexibility index (Phi) is 8.89. The van der Waals surface area contributed by atoms with Crippen LogP contribution in [-0.4, -0.2) is 81.6 Å². The highest BCUT2D eigenvalue weighted by atomic mass is 19.1. The standard InChI is InChI=1S/C35H39F2N5O4.C2H6/c1-45-18-26-27(36)6-5-21-13-22(43)14-24(28(21)26)30-29(37)31-25(17-38-30)32(41-10-2-7-34(19-41)15-23(44)16-34)40-33(39-31)46-20-35-8-3-11-42(35)12-4-9-35;1-2/h5-6,13-14,17,23,43-44H,2-4,7-12,15-16,18-20H2,1H3;1-2H3. The minimum Gasteiger partial charge on any atom is -0.508 e. The summed E-state index contributed by atoms with van der Waals surface area (Å²) in [5.74, 6) is -0.713. The molecule has 11 heteroatoms. The zero-order chi connectivity index (χ0) is 33.6. The van der Waals surface area contributed by atoms with Gasteiger partial charge in [0.15, 0.2) is 5.82 Å². The first kappa shape index (κ1) is 32.9. The van der Waals surface area contributed by atoms with Crippen LogP contribution in [0.5, 0.6) is 11.8 Å². The maximum Gasteiger partial charge on any atom is 0.319 e. The van der Waals surface area contributed by atoms with Crippen LogP contribution in [0.25, 0.3) is 32.9 Å². The Labute approximate surface area is 279 Å². The van der Waals surface area contributed by atoms with Gasteiger partial charge in [-0.3, -0.25) is 9.88 Å². The Morgan fingerprint density at radius 1 is 1.00 bits per heavy atom. The van der Waals surface area contributed by atoms with E-state index in [9.17, 15) is 10.2 Å². The van der Waals surface area contributed by atoms with Crippen molar-refractivity contribution in [2.75, 3.05) is 44.8 Å². The first-order valence-corrected chi connectivity index (χ1v) is 17.4. The molecule has 3 saturated heterocycles. The molecule has 0 radical (unpaired) electrons. The third-order valence-electron chi connectivity index (χ3n) is 10.9. The summed E-state index contributed by atoms with van der Waals surface area (Å²) in [7, 11) is 1.47. The van der Waals surface area contributed by atoms with E-state index in [2.05, 4.69) is 19.8 Å². The van der Waals surface area contributed by atoms with Crippen molar-refractivity contribution in [3.05, 3.63) is 47.7 Å². The minimum atomic E-state index is -0.696. The number of aromatic nitrogens is 3. The topological polar surface area (TPSA) is 104 Å². The number of fused-ring (bicyclic) bond motifs is 3. The number of anilines is 1. The SMILES string of the molecule is CC.COCc1c(F)ccc2cc(O)cc(-c3ncc4c(N5CCCC6(CC(O)C6)C5)nc(OCC56CCCN5CCC6)nc4c3F)c12. The van der Waals surface area contributed by atoms with Crippen LogP contribution in [0.15, 0.2) is 30.5 Å². The molecule has 0 bridgehead atoms. The first-order valence-electron chi connectivity index (χ1n) is 17.4. The van der Waals surface area contributed by atoms with Crippen LogP contribution in [0.2, 0.25) is 0 Å². The summed E-state index contributed by atoms with van der Waals surface area (Å²) in [6.45, 7) is 7.95. The molecule has 8 rings (SSSR count). The fraction of sp³-hybridized carbons (Fsp3) is 0.541. The number of aliphatic hydroxyl groups excluding tert-OH is 1. The molecule has 0 amide bonds. The molecule has 2 N–H and O–H groups in total. The van der Waals surface area contributed by atoms with Crippen molar-refractivity contribution < 1.29 is 28.5 Å². The predicted octanol–water partition coefficient (Wildman–Crippen LogP) is 6.75. The molecule has 2 aromatic carbocycles. The molecule has 0 unspecified atom stereocenters. The monoisotopic (exact) mass is 661 g/mol. The third-order valence-corrected chi connectivity index (χ3v) is 10.9. The number of phenolic OH excluding ortho intramolecular Hbond substituents is 1. The molecular weight excluding hydrogens is 616 g/mol. The fourth-order valence-corrected chi connectivity index (χ4v) is 8.81. The second-order valence-corrected chi connectivity index (χ2v) is 13.9. The summed E-state index contributed by atoms with van der Waals surface area (Å²) in [6.07, 6.45) is 9.11. The zero-order valence-electron chi connectivity index (χ0n) is 28.1. The van der Waals surface area contributed by atoms with Gasteiger partial charge in [-0.05, 0) is 98.8 Å². The van der Waals surface area contributed by atoms with E-state index in [0.29, 0.717) is 35.1 Å². The second-order valence-electron chi connectivity index (χ2n) is 13.9. The Morgan fingerprint density at radius 2 is 1.75 bits per heavy atom. The Bertz CT molecular complexity index is 1820. The van der Waals surface area contributed by atoms with Crippen LogP contribution in [0.1, 0.15) is 70.8 Å². The van der Waals surface area contributed by atoms with Gasteiger partial charge in [0.05, 0.1) is 23.6 Å². The Hall–Kier alpha value is -3.67. The molecular formula is C37H45F2N5O4. The highest BCUT2D eigenvalue weighted by molar-refractivity contribution is 6.01. The van der Waals surface area contributed by atoms with E-state index in [1.165, 1.54) is 25.3 Å². The maximum absolute atomic E-state index is 16.9. The molecule has 256 valence electrons. The van der Waals surface area contributed by atoms with Gasteiger partial charge in [0.1, 0.15) is 35.2 Å². The number of phenols is 1. The summed E-state index contributed by atoms with van der Waals surface area (Å²) < 4.78 is 43.7. The average Bonchev–Trinajstić information content (AvgIpc) is 3.66. The van der Waals surface area contributed by atoms with Crippen molar-refractivity contribution >= 4 is 27.5 Å². The Morgan fingerprint density at radius 3 is 2.48 bits per heavy atom. The molecule has 48 heavy (non-hydrogen) atoms. The van der Waals surface area contributed by atoms with E-state index in [1.807, 2.05) is 13.8 Å². The lowest BCUT2D eigenvalue weighted by Crippen LogP contribution is -2.52. The molecule has 3 aliphatic heterocycles. The van der Waals surface area contributed by atoms with Gasteiger partial charge in [0.25, 0.3) is 0 Å². The van der Waals surface area contributed by atoms with Gasteiger partial charge in [-0.2, -0.15) is 9.97 Å². The largest absolute Gasteiger partial charge is 0.508 e. The van der Waals surface area contributed by atoms with Gasteiger partial charge in [0.2, 0.25) is 0 Å². The number of piperidine rings is 1. The number of ether oxygens (including phenoxy) is 2. The van der Waals surface area contributed by atoms with Crippen molar-refractivity contribution in [1.29, 1.82) is 0 Å². The van der Waals surface area contributed by atoms with Crippen molar-refractivity contribution in [1.82, 2.24) is 19.9 Å². The maximum atomic E-state index is 16.9. The molecule has 5 heterocycles. The Balaban J connectivity index is 0.00000179. The van der Waals surface area contributed by atoms with E-state index in [1.54, 1.807) is 12.3 Å². The van der Waals surface area contributed by atoms with Gasteiger partial charge in [0, 0.05) is 37.5 Å². The van der Waals surface area contributed by atoms with Gasteiger partial charge in [-0.1, -0.05) is 19.9 Å². The van der Waals surface area contributed by atoms with E-state index < -0.39 is 11.6 Å². The summed E-state index contributed by atoms with van der Waals surface area (Å²) in [5, 5.41) is 22.2. The number of pyridine rings is 1.